The second-order valence-electron chi connectivity index (χ2n) is 3.74. The first kappa shape index (κ1) is 13.8. The van der Waals surface area contributed by atoms with Crippen LogP contribution in [0.4, 0.5) is 11.4 Å². The van der Waals surface area contributed by atoms with Gasteiger partial charge in [0.05, 0.1) is 11.8 Å². The molecule has 6 N–H and O–H groups in total. The van der Waals surface area contributed by atoms with E-state index in [2.05, 4.69) is 5.32 Å². The van der Waals surface area contributed by atoms with Gasteiger partial charge in [0.1, 0.15) is 4.90 Å². The maximum atomic E-state index is 11.1. The fraction of sp³-hybridized carbons (Fsp3) is 0.400. The van der Waals surface area contributed by atoms with Gasteiger partial charge in [-0.25, -0.2) is 13.6 Å². The van der Waals surface area contributed by atoms with Crippen molar-refractivity contribution in [1.29, 1.82) is 0 Å². The summed E-state index contributed by atoms with van der Waals surface area (Å²) in [5.41, 5.74) is 6.31. The molecule has 0 aromatic heterocycles. The van der Waals surface area contributed by atoms with Gasteiger partial charge >= 0.3 is 0 Å². The zero-order valence-corrected chi connectivity index (χ0v) is 10.4. The van der Waals surface area contributed by atoms with Crippen LogP contribution in [0.2, 0.25) is 0 Å². The second-order valence-corrected chi connectivity index (χ2v) is 5.27. The van der Waals surface area contributed by atoms with E-state index >= 15 is 0 Å². The van der Waals surface area contributed by atoms with Gasteiger partial charge in [-0.2, -0.15) is 0 Å². The Morgan fingerprint density at radius 3 is 2.59 bits per heavy atom. The van der Waals surface area contributed by atoms with E-state index in [1.54, 1.807) is 6.07 Å². The largest absolute Gasteiger partial charge is 0.398 e. The number of nitrogens with one attached hydrogen (secondary N) is 1. The lowest BCUT2D eigenvalue weighted by atomic mass is 10.2. The number of nitrogens with two attached hydrogens (primary N) is 2. The van der Waals surface area contributed by atoms with Crippen LogP contribution in [0.3, 0.4) is 0 Å². The van der Waals surface area contributed by atoms with Crippen molar-refractivity contribution in [2.45, 2.75) is 24.3 Å². The van der Waals surface area contributed by atoms with Crippen molar-refractivity contribution in [1.82, 2.24) is 0 Å². The highest BCUT2D eigenvalue weighted by Crippen LogP contribution is 2.21. The average Bonchev–Trinajstić information content (AvgIpc) is 2.24. The van der Waals surface area contributed by atoms with Gasteiger partial charge in [-0.15, -0.1) is 0 Å². The number of hydrogen-bond donors (Lipinski definition) is 4. The van der Waals surface area contributed by atoms with Gasteiger partial charge in [-0.3, -0.25) is 0 Å². The predicted molar refractivity (Wildman–Crippen MR) is 67.0 cm³/mol. The maximum Gasteiger partial charge on any atom is 0.240 e. The third kappa shape index (κ3) is 3.88. The Hall–Kier alpha value is -1.31. The molecule has 0 spiro atoms. The molecule has 1 rings (SSSR count). The van der Waals surface area contributed by atoms with E-state index in [9.17, 15) is 13.5 Å². The van der Waals surface area contributed by atoms with E-state index in [4.69, 9.17) is 10.9 Å². The fourth-order valence-electron chi connectivity index (χ4n) is 1.30. The minimum atomic E-state index is -3.79. The number of hydrogen-bond acceptors (Lipinski definition) is 5. The molecule has 0 saturated carbocycles. The summed E-state index contributed by atoms with van der Waals surface area (Å²) in [5, 5.41) is 17.3. The van der Waals surface area contributed by atoms with Crippen LogP contribution in [-0.4, -0.2) is 26.2 Å². The fourth-order valence-corrected chi connectivity index (χ4v) is 1.94. The summed E-state index contributed by atoms with van der Waals surface area (Å²) in [6.07, 6.45) is 0.187. The number of anilines is 2. The Labute approximate surface area is 101 Å². The van der Waals surface area contributed by atoms with Gasteiger partial charge in [-0.1, -0.05) is 6.92 Å². The molecule has 0 heterocycles. The summed E-state index contributed by atoms with van der Waals surface area (Å²) in [7, 11) is -3.79. The topological polar surface area (TPSA) is 118 Å². The van der Waals surface area contributed by atoms with Crippen LogP contribution < -0.4 is 16.2 Å². The monoisotopic (exact) mass is 259 g/mol. The average molecular weight is 259 g/mol. The molecule has 96 valence electrons. The van der Waals surface area contributed by atoms with Crippen molar-refractivity contribution in [2.24, 2.45) is 5.14 Å². The minimum Gasteiger partial charge on any atom is -0.398 e. The predicted octanol–water partition coefficient (Wildman–Crippen LogP) is 0.0990. The third-order valence-electron chi connectivity index (χ3n) is 2.33. The van der Waals surface area contributed by atoms with Crippen molar-refractivity contribution >= 4 is 21.4 Å². The highest BCUT2D eigenvalue weighted by Gasteiger charge is 2.12. The van der Waals surface area contributed by atoms with Crippen LogP contribution in [0.5, 0.6) is 0 Å². The molecular formula is C10H17N3O3S. The lowest BCUT2D eigenvalue weighted by molar-refractivity contribution is 0.183. The highest BCUT2D eigenvalue weighted by molar-refractivity contribution is 7.89. The van der Waals surface area contributed by atoms with Crippen LogP contribution >= 0.6 is 0 Å². The van der Waals surface area contributed by atoms with Crippen LogP contribution in [0.15, 0.2) is 23.1 Å². The summed E-state index contributed by atoms with van der Waals surface area (Å²) in [5.74, 6) is 0. The number of benzene rings is 1. The zero-order chi connectivity index (χ0) is 13.1. The molecule has 0 radical (unpaired) electrons. The quantitative estimate of drug-likeness (QED) is 0.559. The van der Waals surface area contributed by atoms with Crippen molar-refractivity contribution in [2.75, 3.05) is 17.6 Å². The molecule has 17 heavy (non-hydrogen) atoms. The smallest absolute Gasteiger partial charge is 0.240 e. The molecule has 0 amide bonds. The first-order chi connectivity index (χ1) is 7.84. The Kier molecular flexibility index (Phi) is 4.33. The molecule has 0 aliphatic heterocycles. The molecule has 0 aliphatic rings. The van der Waals surface area contributed by atoms with Gasteiger partial charge in [0.2, 0.25) is 10.0 Å². The highest BCUT2D eigenvalue weighted by atomic mass is 32.2. The Bertz CT molecular complexity index is 488. The lowest BCUT2D eigenvalue weighted by Gasteiger charge is -2.12. The van der Waals surface area contributed by atoms with Crippen molar-refractivity contribution in [3.8, 4) is 0 Å². The maximum absolute atomic E-state index is 11.1. The molecule has 7 heteroatoms. The number of sulfonamides is 1. The van der Waals surface area contributed by atoms with E-state index in [-0.39, 0.29) is 10.6 Å². The Balaban J connectivity index is 2.83. The SMILES string of the molecule is CCC(O)CNc1ccc(S(N)(=O)=O)c(N)c1. The Morgan fingerprint density at radius 1 is 1.47 bits per heavy atom. The number of rotatable bonds is 5. The molecule has 0 aliphatic carbocycles. The van der Waals surface area contributed by atoms with Crippen LogP contribution in [-0.2, 0) is 10.0 Å². The summed E-state index contributed by atoms with van der Waals surface area (Å²) in [6, 6.07) is 4.37. The molecule has 0 saturated heterocycles. The molecule has 0 bridgehead atoms. The van der Waals surface area contributed by atoms with Gasteiger partial charge in [0.15, 0.2) is 0 Å². The third-order valence-corrected chi connectivity index (χ3v) is 3.31. The number of aliphatic hydroxyl groups is 1. The molecule has 1 atom stereocenters. The summed E-state index contributed by atoms with van der Waals surface area (Å²) < 4.78 is 22.2. The standard InChI is InChI=1S/C10H17N3O3S/c1-2-8(14)6-13-7-3-4-10(9(11)5-7)17(12,15)16/h3-5,8,13-14H,2,6,11H2,1H3,(H2,12,15,16). The van der Waals surface area contributed by atoms with Crippen molar-refractivity contribution in [3.05, 3.63) is 18.2 Å². The van der Waals surface area contributed by atoms with E-state index < -0.39 is 16.1 Å². The molecule has 1 aromatic rings. The molecular weight excluding hydrogens is 242 g/mol. The van der Waals surface area contributed by atoms with E-state index in [0.29, 0.717) is 18.7 Å². The summed E-state index contributed by atoms with van der Waals surface area (Å²) in [4.78, 5) is -0.0981. The first-order valence-electron chi connectivity index (χ1n) is 5.19. The summed E-state index contributed by atoms with van der Waals surface area (Å²) in [6.45, 7) is 2.25. The lowest BCUT2D eigenvalue weighted by Crippen LogP contribution is -2.19. The number of aliphatic hydroxyl groups excluding tert-OH is 1. The van der Waals surface area contributed by atoms with Crippen LogP contribution in [0.25, 0.3) is 0 Å². The van der Waals surface area contributed by atoms with Gasteiger partial charge in [0, 0.05) is 12.2 Å². The van der Waals surface area contributed by atoms with Crippen LogP contribution in [0.1, 0.15) is 13.3 Å². The number of nitrogen functional groups attached to an aromatic ring is 1. The molecule has 0 fully saturated rings. The van der Waals surface area contributed by atoms with E-state index in [1.165, 1.54) is 12.1 Å². The molecule has 1 aromatic carbocycles. The van der Waals surface area contributed by atoms with Crippen molar-refractivity contribution in [3.63, 3.8) is 0 Å². The summed E-state index contributed by atoms with van der Waals surface area (Å²) >= 11 is 0. The first-order valence-corrected chi connectivity index (χ1v) is 6.73. The van der Waals surface area contributed by atoms with Crippen molar-refractivity contribution < 1.29 is 13.5 Å². The molecule has 1 unspecified atom stereocenters. The van der Waals surface area contributed by atoms with E-state index in [1.807, 2.05) is 6.92 Å². The zero-order valence-electron chi connectivity index (χ0n) is 9.55. The van der Waals surface area contributed by atoms with Gasteiger partial charge in [0.25, 0.3) is 0 Å². The van der Waals surface area contributed by atoms with Crippen LogP contribution in [0, 0.1) is 0 Å². The molecule has 6 nitrogen and oxygen atoms in total. The second kappa shape index (κ2) is 5.35. The van der Waals surface area contributed by atoms with Gasteiger partial charge < -0.3 is 16.2 Å². The Morgan fingerprint density at radius 2 is 2.12 bits per heavy atom. The van der Waals surface area contributed by atoms with Gasteiger partial charge in [-0.05, 0) is 24.6 Å². The van der Waals surface area contributed by atoms with E-state index in [0.717, 1.165) is 0 Å². The normalized spacial score (nSPS) is 13.4. The minimum absolute atomic E-state index is 0.0866. The number of primary sulfonamides is 1.